The highest BCUT2D eigenvalue weighted by Crippen LogP contribution is 2.30. The molecule has 10 heteroatoms. The van der Waals surface area contributed by atoms with Crippen LogP contribution in [0.2, 0.25) is 5.02 Å². The van der Waals surface area contributed by atoms with Gasteiger partial charge in [0.2, 0.25) is 5.91 Å². The summed E-state index contributed by atoms with van der Waals surface area (Å²) in [6.45, 7) is 10.8. The summed E-state index contributed by atoms with van der Waals surface area (Å²) in [5.41, 5.74) is 0.783. The zero-order chi connectivity index (χ0) is 28.5. The smallest absolute Gasteiger partial charge is 0.408 e. The number of hydrogen-bond acceptors (Lipinski definition) is 6. The van der Waals surface area contributed by atoms with Crippen LogP contribution in [0.1, 0.15) is 44.4 Å². The third-order valence-corrected chi connectivity index (χ3v) is 6.38. The average Bonchev–Trinajstić information content (AvgIpc) is 2.82. The van der Waals surface area contributed by atoms with E-state index in [-0.39, 0.29) is 12.3 Å². The van der Waals surface area contributed by atoms with Crippen LogP contribution in [0.3, 0.4) is 0 Å². The van der Waals surface area contributed by atoms with Crippen LogP contribution in [-0.2, 0) is 14.3 Å². The number of carbonyl (C=O) groups is 3. The Morgan fingerprint density at radius 3 is 2.47 bits per heavy atom. The normalized spacial score (nSPS) is 12.7. The van der Waals surface area contributed by atoms with Crippen LogP contribution in [0.5, 0.6) is 5.75 Å². The molecule has 2 unspecified atom stereocenters. The van der Waals surface area contributed by atoms with Crippen molar-refractivity contribution < 1.29 is 24.2 Å². The molecule has 8 nitrogen and oxygen atoms in total. The van der Waals surface area contributed by atoms with Gasteiger partial charge >= 0.3 is 6.09 Å². The number of nitrogens with one attached hydrogen (secondary N) is 2. The summed E-state index contributed by atoms with van der Waals surface area (Å²) in [5.74, 6) is -0.520. The number of alkyl carbamates (subject to hydrolysis) is 1. The molecule has 0 radical (unpaired) electrons. The van der Waals surface area contributed by atoms with Crippen molar-refractivity contribution in [2.24, 2.45) is 0 Å². The number of para-hydroxylation sites is 1. The number of halogens is 1. The maximum atomic E-state index is 14.0. The molecular formula is C28H36ClN3O5S. The molecule has 0 aromatic heterocycles. The third kappa shape index (κ3) is 8.99. The van der Waals surface area contributed by atoms with Crippen molar-refractivity contribution in [2.45, 2.75) is 51.8 Å². The topological polar surface area (TPSA) is 108 Å². The fraction of sp³-hybridized carbons (Fsp3) is 0.393. The first-order valence-electron chi connectivity index (χ1n) is 12.1. The number of hydrogen-bond donors (Lipinski definition) is 3. The van der Waals surface area contributed by atoms with Crippen molar-refractivity contribution >= 4 is 47.0 Å². The van der Waals surface area contributed by atoms with Crippen LogP contribution < -0.4 is 10.6 Å². The molecule has 0 aliphatic rings. The van der Waals surface area contributed by atoms with Gasteiger partial charge in [-0.1, -0.05) is 41.9 Å². The Morgan fingerprint density at radius 1 is 1.21 bits per heavy atom. The van der Waals surface area contributed by atoms with Gasteiger partial charge in [0.25, 0.3) is 5.91 Å². The fourth-order valence-electron chi connectivity index (χ4n) is 3.75. The Labute approximate surface area is 233 Å². The van der Waals surface area contributed by atoms with Crippen molar-refractivity contribution in [3.8, 4) is 5.75 Å². The summed E-state index contributed by atoms with van der Waals surface area (Å²) in [6.07, 6.45) is 2.97. The second-order valence-corrected chi connectivity index (χ2v) is 11.1. The molecule has 0 saturated carbocycles. The van der Waals surface area contributed by atoms with Gasteiger partial charge in [0.15, 0.2) is 0 Å². The van der Waals surface area contributed by atoms with Gasteiger partial charge in [-0.3, -0.25) is 9.59 Å². The number of rotatable bonds is 11. The van der Waals surface area contributed by atoms with E-state index in [0.29, 0.717) is 28.4 Å². The number of carbonyl (C=O) groups excluding carboxylic acids is 3. The number of ether oxygens (including phenoxy) is 1. The molecule has 0 bridgehead atoms. The van der Waals surface area contributed by atoms with Crippen LogP contribution in [-0.4, -0.2) is 58.1 Å². The van der Waals surface area contributed by atoms with E-state index in [0.717, 1.165) is 5.56 Å². The lowest BCUT2D eigenvalue weighted by molar-refractivity contribution is -0.140. The lowest BCUT2D eigenvalue weighted by Crippen LogP contribution is -2.52. The molecule has 2 aromatic carbocycles. The number of phenolic OH excluding ortho intramolecular Hbond substituents is 1. The molecule has 3 N–H and O–H groups in total. The van der Waals surface area contributed by atoms with Crippen LogP contribution in [0.4, 0.5) is 10.5 Å². The molecule has 0 aliphatic carbocycles. The second kappa shape index (κ2) is 14.1. The first kappa shape index (κ1) is 31.1. The first-order chi connectivity index (χ1) is 17.9. The van der Waals surface area contributed by atoms with Crippen LogP contribution in [0.25, 0.3) is 0 Å². The van der Waals surface area contributed by atoms with E-state index < -0.39 is 35.6 Å². The Bertz CT molecular complexity index is 1130. The molecule has 2 atom stereocenters. The summed E-state index contributed by atoms with van der Waals surface area (Å²) >= 11 is 7.88. The van der Waals surface area contributed by atoms with Gasteiger partial charge < -0.3 is 25.4 Å². The first-order valence-corrected chi connectivity index (χ1v) is 13.9. The number of anilines is 1. The fourth-order valence-corrected chi connectivity index (χ4v) is 4.49. The lowest BCUT2D eigenvalue weighted by Gasteiger charge is -2.34. The quantitative estimate of drug-likeness (QED) is 0.304. The summed E-state index contributed by atoms with van der Waals surface area (Å²) in [5, 5.41) is 16.0. The number of aromatic hydroxyl groups is 1. The van der Waals surface area contributed by atoms with E-state index in [4.69, 9.17) is 16.3 Å². The van der Waals surface area contributed by atoms with Gasteiger partial charge in [-0.15, -0.1) is 6.58 Å². The minimum Gasteiger partial charge on any atom is -0.508 e. The van der Waals surface area contributed by atoms with Crippen molar-refractivity contribution in [2.75, 3.05) is 23.9 Å². The Morgan fingerprint density at radius 2 is 1.89 bits per heavy atom. The molecule has 0 saturated heterocycles. The summed E-state index contributed by atoms with van der Waals surface area (Å²) in [6, 6.07) is 9.23. The SMILES string of the molecule is C=CCN(C(=O)C(CCSC)NC(=O)OC(C)(C)C)C(C(=O)Nc1c(C)cccc1Cl)c1cccc(O)c1. The van der Waals surface area contributed by atoms with Gasteiger partial charge in [0.1, 0.15) is 23.4 Å². The Hall–Kier alpha value is -3.17. The zero-order valence-electron chi connectivity index (χ0n) is 22.4. The molecule has 206 valence electrons. The highest BCUT2D eigenvalue weighted by molar-refractivity contribution is 7.98. The predicted octanol–water partition coefficient (Wildman–Crippen LogP) is 5.69. The van der Waals surface area contributed by atoms with Crippen LogP contribution in [0, 0.1) is 6.92 Å². The highest BCUT2D eigenvalue weighted by atomic mass is 35.5. The molecular weight excluding hydrogens is 526 g/mol. The van der Waals surface area contributed by atoms with Crippen molar-refractivity contribution in [3.05, 3.63) is 71.3 Å². The van der Waals surface area contributed by atoms with Gasteiger partial charge in [-0.05, 0) is 75.5 Å². The van der Waals surface area contributed by atoms with E-state index in [9.17, 15) is 19.5 Å². The largest absolute Gasteiger partial charge is 0.508 e. The summed E-state index contributed by atoms with van der Waals surface area (Å²) in [4.78, 5) is 41.7. The summed E-state index contributed by atoms with van der Waals surface area (Å²) in [7, 11) is 0. The number of amides is 3. The van der Waals surface area contributed by atoms with E-state index in [1.165, 1.54) is 34.9 Å². The minimum absolute atomic E-state index is 0.000152. The Kier molecular flexibility index (Phi) is 11.5. The number of benzene rings is 2. The maximum Gasteiger partial charge on any atom is 0.408 e. The molecule has 0 fully saturated rings. The third-order valence-electron chi connectivity index (χ3n) is 5.42. The predicted molar refractivity (Wildman–Crippen MR) is 154 cm³/mol. The molecule has 3 amide bonds. The van der Waals surface area contributed by atoms with Crippen LogP contribution >= 0.6 is 23.4 Å². The molecule has 38 heavy (non-hydrogen) atoms. The molecule has 0 heterocycles. The maximum absolute atomic E-state index is 14.0. The monoisotopic (exact) mass is 561 g/mol. The molecule has 2 rings (SSSR count). The van der Waals surface area contributed by atoms with Crippen LogP contribution in [0.15, 0.2) is 55.1 Å². The van der Waals surface area contributed by atoms with Gasteiger partial charge in [0.05, 0.1) is 10.7 Å². The standard InChI is InChI=1S/C28H36ClN3O5S/c1-7-15-32(26(35)22(14-16-38-6)30-27(36)37-28(3,4)5)24(19-11-9-12-20(33)17-19)25(34)31-23-18(2)10-8-13-21(23)29/h7-13,17,22,24,33H,1,14-16H2,2-6H3,(H,30,36)(H,31,34). The lowest BCUT2D eigenvalue weighted by atomic mass is 10.0. The molecule has 0 spiro atoms. The van der Waals surface area contributed by atoms with Crippen molar-refractivity contribution in [1.82, 2.24) is 10.2 Å². The van der Waals surface area contributed by atoms with E-state index >= 15 is 0 Å². The number of aryl methyl sites for hydroxylation is 1. The van der Waals surface area contributed by atoms with Gasteiger partial charge in [0, 0.05) is 6.54 Å². The summed E-state index contributed by atoms with van der Waals surface area (Å²) < 4.78 is 5.38. The number of phenols is 1. The van der Waals surface area contributed by atoms with E-state index in [2.05, 4.69) is 17.2 Å². The van der Waals surface area contributed by atoms with E-state index in [1.54, 1.807) is 58.0 Å². The number of nitrogens with zero attached hydrogens (tertiary/aromatic N) is 1. The second-order valence-electron chi connectivity index (χ2n) is 9.68. The molecule has 0 aliphatic heterocycles. The number of thioether (sulfide) groups is 1. The zero-order valence-corrected chi connectivity index (χ0v) is 24.0. The highest BCUT2D eigenvalue weighted by Gasteiger charge is 2.36. The molecule has 2 aromatic rings. The van der Waals surface area contributed by atoms with Crippen molar-refractivity contribution in [1.29, 1.82) is 0 Å². The van der Waals surface area contributed by atoms with Gasteiger partial charge in [-0.25, -0.2) is 4.79 Å². The van der Waals surface area contributed by atoms with Crippen molar-refractivity contribution in [3.63, 3.8) is 0 Å². The minimum atomic E-state index is -1.17. The van der Waals surface area contributed by atoms with Gasteiger partial charge in [-0.2, -0.15) is 11.8 Å². The van der Waals surface area contributed by atoms with E-state index in [1.807, 2.05) is 6.26 Å². The Balaban J connectivity index is 2.53. The average molecular weight is 562 g/mol.